The van der Waals surface area contributed by atoms with Gasteiger partial charge in [0.25, 0.3) is 0 Å². The lowest BCUT2D eigenvalue weighted by atomic mass is 9.96. The number of methoxy groups -OCH3 is 3. The molecular formula is C29H29ClN4O3S. The maximum absolute atomic E-state index is 6.41. The molecule has 1 saturated heterocycles. The molecule has 1 N–H and O–H groups in total. The topological polar surface area (TPSA) is 60.8 Å². The van der Waals surface area contributed by atoms with Crippen LogP contribution < -0.4 is 24.4 Å². The van der Waals surface area contributed by atoms with Crippen LogP contribution in [0.15, 0.2) is 66.9 Å². The van der Waals surface area contributed by atoms with E-state index in [1.165, 1.54) is 0 Å². The van der Waals surface area contributed by atoms with E-state index in [0.717, 1.165) is 39.8 Å². The van der Waals surface area contributed by atoms with Crippen LogP contribution in [0.2, 0.25) is 5.02 Å². The third-order valence-corrected chi connectivity index (χ3v) is 7.46. The molecule has 7 nitrogen and oxygen atoms in total. The zero-order valence-corrected chi connectivity index (χ0v) is 23.4. The van der Waals surface area contributed by atoms with Gasteiger partial charge in [-0.05, 0) is 80.2 Å². The number of pyridine rings is 1. The van der Waals surface area contributed by atoms with E-state index in [4.69, 9.17) is 38.0 Å². The second-order valence-electron chi connectivity index (χ2n) is 9.01. The van der Waals surface area contributed by atoms with Crippen LogP contribution in [0.25, 0.3) is 5.69 Å². The SMILES string of the molecule is COc1ccc(OC)c(N2C(=S)N[C@H](c3ccccn3)[C@@H]2c2cc(C)n(-c3cc(Cl)ccc3OC)c2C)c1. The fourth-order valence-electron chi connectivity index (χ4n) is 5.21. The molecule has 1 aliphatic heterocycles. The first-order chi connectivity index (χ1) is 18.4. The highest BCUT2D eigenvalue weighted by atomic mass is 35.5. The van der Waals surface area contributed by atoms with Gasteiger partial charge in [0.1, 0.15) is 17.2 Å². The normalized spacial score (nSPS) is 16.9. The van der Waals surface area contributed by atoms with Crippen molar-refractivity contribution in [2.24, 2.45) is 0 Å². The number of ether oxygens (including phenoxy) is 3. The summed E-state index contributed by atoms with van der Waals surface area (Å²) < 4.78 is 19.2. The molecule has 3 heterocycles. The number of hydrogen-bond donors (Lipinski definition) is 1. The molecule has 2 atom stereocenters. The second kappa shape index (κ2) is 10.6. The predicted octanol–water partition coefficient (Wildman–Crippen LogP) is 6.35. The van der Waals surface area contributed by atoms with Gasteiger partial charge in [0.05, 0.1) is 50.5 Å². The number of aryl methyl sites for hydroxylation is 1. The van der Waals surface area contributed by atoms with Crippen molar-refractivity contribution in [1.29, 1.82) is 0 Å². The number of hydrogen-bond acceptors (Lipinski definition) is 5. The summed E-state index contributed by atoms with van der Waals surface area (Å²) in [4.78, 5) is 6.78. The Kier molecular flexibility index (Phi) is 7.19. The van der Waals surface area contributed by atoms with Gasteiger partial charge in [0, 0.05) is 28.7 Å². The molecule has 1 fully saturated rings. The van der Waals surface area contributed by atoms with E-state index < -0.39 is 0 Å². The maximum atomic E-state index is 6.41. The summed E-state index contributed by atoms with van der Waals surface area (Å²) in [7, 11) is 4.96. The number of nitrogens with one attached hydrogen (secondary N) is 1. The number of benzene rings is 2. The summed E-state index contributed by atoms with van der Waals surface area (Å²) in [5.41, 5.74) is 5.71. The third-order valence-electron chi connectivity index (χ3n) is 6.91. The first-order valence-corrected chi connectivity index (χ1v) is 12.9. The highest BCUT2D eigenvalue weighted by Crippen LogP contribution is 2.47. The first-order valence-electron chi connectivity index (χ1n) is 12.1. The minimum atomic E-state index is -0.233. The maximum Gasteiger partial charge on any atom is 0.174 e. The van der Waals surface area contributed by atoms with Crippen LogP contribution in [0.1, 0.15) is 34.7 Å². The summed E-state index contributed by atoms with van der Waals surface area (Å²) in [6, 6.07) is 19.0. The summed E-state index contributed by atoms with van der Waals surface area (Å²) in [6.45, 7) is 4.17. The number of nitrogens with zero attached hydrogens (tertiary/aromatic N) is 3. The van der Waals surface area contributed by atoms with E-state index >= 15 is 0 Å². The van der Waals surface area contributed by atoms with Gasteiger partial charge in [0.2, 0.25) is 0 Å². The number of halogens is 1. The van der Waals surface area contributed by atoms with E-state index in [1.807, 2.05) is 54.6 Å². The summed E-state index contributed by atoms with van der Waals surface area (Å²) in [5, 5.41) is 4.73. The number of rotatable bonds is 7. The van der Waals surface area contributed by atoms with Gasteiger partial charge in [-0.25, -0.2) is 0 Å². The van der Waals surface area contributed by atoms with E-state index in [9.17, 15) is 0 Å². The number of aromatic nitrogens is 2. The van der Waals surface area contributed by atoms with E-state index in [-0.39, 0.29) is 12.1 Å². The first kappa shape index (κ1) is 25.9. The van der Waals surface area contributed by atoms with Crippen LogP contribution in [0.4, 0.5) is 5.69 Å². The van der Waals surface area contributed by atoms with Crippen LogP contribution in [0.5, 0.6) is 17.2 Å². The molecule has 5 rings (SSSR count). The molecule has 38 heavy (non-hydrogen) atoms. The minimum absolute atomic E-state index is 0.213. The van der Waals surface area contributed by atoms with Gasteiger partial charge in [-0.1, -0.05) is 17.7 Å². The molecule has 0 amide bonds. The van der Waals surface area contributed by atoms with Crippen LogP contribution in [0.3, 0.4) is 0 Å². The molecule has 0 bridgehead atoms. The van der Waals surface area contributed by atoms with Gasteiger partial charge in [0.15, 0.2) is 5.11 Å². The van der Waals surface area contributed by atoms with Gasteiger partial charge < -0.3 is 29.0 Å². The molecule has 1 aliphatic rings. The molecular weight excluding hydrogens is 520 g/mol. The molecule has 0 spiro atoms. The lowest BCUT2D eigenvalue weighted by Gasteiger charge is -2.29. The zero-order valence-electron chi connectivity index (χ0n) is 21.9. The molecule has 0 aliphatic carbocycles. The average Bonchev–Trinajstić information content (AvgIpc) is 3.43. The predicted molar refractivity (Wildman–Crippen MR) is 154 cm³/mol. The largest absolute Gasteiger partial charge is 0.497 e. The smallest absolute Gasteiger partial charge is 0.174 e. The molecule has 2 aromatic heterocycles. The van der Waals surface area contributed by atoms with Crippen molar-refractivity contribution in [3.8, 4) is 22.9 Å². The lowest BCUT2D eigenvalue weighted by Crippen LogP contribution is -2.30. The number of anilines is 1. The van der Waals surface area contributed by atoms with Gasteiger partial charge in [-0.3, -0.25) is 4.98 Å². The standard InChI is InChI=1S/C29H29ClN4O3S/c1-17-14-21(18(2)33(17)23-15-19(30)9-11-25(23)36-4)28-27(22-8-6-7-13-31-22)32-29(38)34(28)24-16-20(35-3)10-12-26(24)37-5/h6-16,27-28H,1-5H3,(H,32,38)/t27-,28+/m1/s1. The van der Waals surface area contributed by atoms with Crippen LogP contribution >= 0.6 is 23.8 Å². The second-order valence-corrected chi connectivity index (χ2v) is 9.84. The van der Waals surface area contributed by atoms with E-state index in [2.05, 4.69) is 39.7 Å². The average molecular weight is 549 g/mol. The Labute approximate surface area is 232 Å². The Morgan fingerprint density at radius 2 is 1.63 bits per heavy atom. The molecule has 0 unspecified atom stereocenters. The Morgan fingerprint density at radius 1 is 0.895 bits per heavy atom. The van der Waals surface area contributed by atoms with Gasteiger partial charge in [-0.2, -0.15) is 0 Å². The Morgan fingerprint density at radius 3 is 2.32 bits per heavy atom. The van der Waals surface area contributed by atoms with E-state index in [0.29, 0.717) is 21.6 Å². The molecule has 0 saturated carbocycles. The van der Waals surface area contributed by atoms with Crippen LogP contribution in [0, 0.1) is 13.8 Å². The third kappa shape index (κ3) is 4.44. The summed E-state index contributed by atoms with van der Waals surface area (Å²) in [5.74, 6) is 2.13. The van der Waals surface area contributed by atoms with Crippen molar-refractivity contribution >= 4 is 34.6 Å². The van der Waals surface area contributed by atoms with Crippen molar-refractivity contribution in [2.45, 2.75) is 25.9 Å². The zero-order chi connectivity index (χ0) is 27.0. The van der Waals surface area contributed by atoms with Gasteiger partial charge in [-0.15, -0.1) is 0 Å². The van der Waals surface area contributed by atoms with Crippen molar-refractivity contribution in [3.05, 3.63) is 94.5 Å². The summed E-state index contributed by atoms with van der Waals surface area (Å²) in [6.07, 6.45) is 1.80. The fourth-order valence-corrected chi connectivity index (χ4v) is 5.72. The van der Waals surface area contributed by atoms with Crippen LogP contribution in [-0.2, 0) is 0 Å². The molecule has 2 aromatic carbocycles. The number of thiocarbonyl (C=S) groups is 1. The molecule has 0 radical (unpaired) electrons. The van der Waals surface area contributed by atoms with Crippen molar-refractivity contribution in [1.82, 2.24) is 14.9 Å². The minimum Gasteiger partial charge on any atom is -0.497 e. The van der Waals surface area contributed by atoms with Crippen LogP contribution in [-0.4, -0.2) is 36.0 Å². The van der Waals surface area contributed by atoms with E-state index in [1.54, 1.807) is 27.5 Å². The van der Waals surface area contributed by atoms with Crippen molar-refractivity contribution in [3.63, 3.8) is 0 Å². The highest BCUT2D eigenvalue weighted by molar-refractivity contribution is 7.80. The lowest BCUT2D eigenvalue weighted by molar-refractivity contribution is 0.403. The molecule has 9 heteroatoms. The van der Waals surface area contributed by atoms with Gasteiger partial charge >= 0.3 is 0 Å². The Bertz CT molecular complexity index is 1490. The summed E-state index contributed by atoms with van der Waals surface area (Å²) >= 11 is 12.4. The quantitative estimate of drug-likeness (QED) is 0.270. The highest BCUT2D eigenvalue weighted by Gasteiger charge is 2.43. The molecule has 196 valence electrons. The van der Waals surface area contributed by atoms with Crippen molar-refractivity contribution in [2.75, 3.05) is 26.2 Å². The van der Waals surface area contributed by atoms with Crippen molar-refractivity contribution < 1.29 is 14.2 Å². The fraction of sp³-hybridized carbons (Fsp3) is 0.241. The monoisotopic (exact) mass is 548 g/mol. The Hall–Kier alpha value is -3.75. The Balaban J connectivity index is 1.74. The molecule has 4 aromatic rings.